The first-order chi connectivity index (χ1) is 6.61. The molecule has 0 radical (unpaired) electrons. The largest absolute Gasteiger partial charge is 0.468 e. The van der Waals surface area contributed by atoms with Gasteiger partial charge in [0.25, 0.3) is 0 Å². The lowest BCUT2D eigenvalue weighted by Gasteiger charge is -2.01. The average molecular weight is 251 g/mol. The van der Waals surface area contributed by atoms with Crippen molar-refractivity contribution in [2.75, 3.05) is 12.9 Å². The molecule has 0 aliphatic heterocycles. The maximum absolute atomic E-state index is 10.8. The monoisotopic (exact) mass is 250 g/mol. The van der Waals surface area contributed by atoms with Gasteiger partial charge in [0.1, 0.15) is 0 Å². The second-order valence-corrected chi connectivity index (χ2v) is 4.39. The fourth-order valence-corrected chi connectivity index (χ4v) is 2.29. The number of esters is 1. The minimum Gasteiger partial charge on any atom is -0.468 e. The lowest BCUT2D eigenvalue weighted by atomic mass is 10.4. The number of ether oxygens (including phenoxy) is 1. The molecule has 76 valence electrons. The van der Waals surface area contributed by atoms with Crippen LogP contribution in [0.4, 0.5) is 0 Å². The van der Waals surface area contributed by atoms with Crippen LogP contribution in [0.25, 0.3) is 0 Å². The molecule has 0 heterocycles. The van der Waals surface area contributed by atoms with Crippen LogP contribution in [0, 0.1) is 0 Å². The van der Waals surface area contributed by atoms with E-state index in [0.717, 1.165) is 4.90 Å². The van der Waals surface area contributed by atoms with Crippen molar-refractivity contribution in [3.05, 3.63) is 28.2 Å². The van der Waals surface area contributed by atoms with Gasteiger partial charge in [-0.2, -0.15) is 0 Å². The Morgan fingerprint density at radius 3 is 2.43 bits per heavy atom. The van der Waals surface area contributed by atoms with Gasteiger partial charge < -0.3 is 4.74 Å². The fourth-order valence-electron chi connectivity index (χ4n) is 0.813. The molecule has 0 spiro atoms. The molecule has 0 aromatic heterocycles. The summed E-state index contributed by atoms with van der Waals surface area (Å²) in [7, 11) is 1.36. The smallest absolute Gasteiger partial charge is 0.315 e. The van der Waals surface area contributed by atoms with Gasteiger partial charge in [-0.1, -0.05) is 23.2 Å². The minimum absolute atomic E-state index is 0.257. The fraction of sp³-hybridized carbons (Fsp3) is 0.222. The third-order valence-electron chi connectivity index (χ3n) is 1.42. The van der Waals surface area contributed by atoms with E-state index in [9.17, 15) is 4.79 Å². The molecule has 0 saturated carbocycles. The molecule has 0 saturated heterocycles. The maximum atomic E-state index is 10.8. The second-order valence-electron chi connectivity index (χ2n) is 2.47. The molecule has 0 N–H and O–H groups in total. The Labute approximate surface area is 96.5 Å². The highest BCUT2D eigenvalue weighted by Crippen LogP contribution is 2.26. The number of hydrogen-bond acceptors (Lipinski definition) is 3. The molecule has 14 heavy (non-hydrogen) atoms. The predicted octanol–water partition coefficient (Wildman–Crippen LogP) is 3.26. The zero-order valence-electron chi connectivity index (χ0n) is 7.42. The van der Waals surface area contributed by atoms with Crippen molar-refractivity contribution in [1.29, 1.82) is 0 Å². The quantitative estimate of drug-likeness (QED) is 0.609. The van der Waals surface area contributed by atoms with E-state index in [2.05, 4.69) is 4.74 Å². The molecule has 0 bridgehead atoms. The number of thioether (sulfide) groups is 1. The standard InChI is InChI=1S/C9H8Cl2O2S/c1-13-9(12)5-14-8-3-6(10)2-7(11)4-8/h2-4H,5H2,1H3. The Hall–Kier alpha value is -0.380. The van der Waals surface area contributed by atoms with E-state index in [1.165, 1.54) is 18.9 Å². The maximum Gasteiger partial charge on any atom is 0.315 e. The highest BCUT2D eigenvalue weighted by atomic mass is 35.5. The van der Waals surface area contributed by atoms with E-state index in [1.807, 2.05) is 0 Å². The van der Waals surface area contributed by atoms with Crippen LogP contribution in [0.2, 0.25) is 10.0 Å². The van der Waals surface area contributed by atoms with E-state index < -0.39 is 0 Å². The Balaban J connectivity index is 2.63. The van der Waals surface area contributed by atoms with Crippen LogP contribution in [-0.4, -0.2) is 18.8 Å². The van der Waals surface area contributed by atoms with Gasteiger partial charge >= 0.3 is 5.97 Å². The average Bonchev–Trinajstić information content (AvgIpc) is 2.12. The molecule has 1 aromatic carbocycles. The molecular weight excluding hydrogens is 243 g/mol. The van der Waals surface area contributed by atoms with Crippen molar-refractivity contribution in [3.8, 4) is 0 Å². The first-order valence-corrected chi connectivity index (χ1v) is 5.51. The first-order valence-electron chi connectivity index (χ1n) is 3.77. The van der Waals surface area contributed by atoms with Crippen LogP contribution in [0.15, 0.2) is 23.1 Å². The molecule has 0 aliphatic rings. The molecule has 0 aliphatic carbocycles. The Morgan fingerprint density at radius 2 is 1.93 bits per heavy atom. The van der Waals surface area contributed by atoms with E-state index >= 15 is 0 Å². The van der Waals surface area contributed by atoms with Crippen LogP contribution in [0.5, 0.6) is 0 Å². The predicted molar refractivity (Wildman–Crippen MR) is 59.2 cm³/mol. The first kappa shape index (κ1) is 11.7. The number of benzene rings is 1. The summed E-state index contributed by atoms with van der Waals surface area (Å²) in [5.74, 6) is -0.0150. The van der Waals surface area contributed by atoms with E-state index in [4.69, 9.17) is 23.2 Å². The molecule has 0 amide bonds. The molecule has 1 aromatic rings. The van der Waals surface area contributed by atoms with Crippen LogP contribution in [-0.2, 0) is 9.53 Å². The van der Waals surface area contributed by atoms with Gasteiger partial charge in [0.2, 0.25) is 0 Å². The van der Waals surface area contributed by atoms with Gasteiger partial charge in [-0.25, -0.2) is 0 Å². The molecule has 2 nitrogen and oxygen atoms in total. The molecule has 0 fully saturated rings. The highest BCUT2D eigenvalue weighted by molar-refractivity contribution is 8.00. The van der Waals surface area contributed by atoms with Crippen molar-refractivity contribution >= 4 is 40.9 Å². The zero-order chi connectivity index (χ0) is 10.6. The Morgan fingerprint density at radius 1 is 1.36 bits per heavy atom. The van der Waals surface area contributed by atoms with E-state index in [-0.39, 0.29) is 11.7 Å². The number of carbonyl (C=O) groups is 1. The van der Waals surface area contributed by atoms with E-state index in [1.54, 1.807) is 18.2 Å². The van der Waals surface area contributed by atoms with Crippen molar-refractivity contribution < 1.29 is 9.53 Å². The number of halogens is 2. The molecule has 1 rings (SSSR count). The molecular formula is C9H8Cl2O2S. The van der Waals surface area contributed by atoms with Crippen LogP contribution >= 0.6 is 35.0 Å². The summed E-state index contributed by atoms with van der Waals surface area (Å²) < 4.78 is 4.51. The van der Waals surface area contributed by atoms with Crippen molar-refractivity contribution in [1.82, 2.24) is 0 Å². The number of methoxy groups -OCH3 is 1. The second kappa shape index (κ2) is 5.49. The summed E-state index contributed by atoms with van der Waals surface area (Å²) in [6.07, 6.45) is 0. The normalized spacial score (nSPS) is 9.93. The Bertz CT molecular complexity index is 321. The van der Waals surface area contributed by atoms with Crippen molar-refractivity contribution in [3.63, 3.8) is 0 Å². The van der Waals surface area contributed by atoms with Crippen LogP contribution in [0.3, 0.4) is 0 Å². The Kier molecular flexibility index (Phi) is 4.58. The number of rotatable bonds is 3. The molecule has 0 unspecified atom stereocenters. The summed E-state index contributed by atoms with van der Waals surface area (Å²) in [5, 5.41) is 1.12. The summed E-state index contributed by atoms with van der Waals surface area (Å²) in [6, 6.07) is 5.15. The topological polar surface area (TPSA) is 26.3 Å². The third-order valence-corrected chi connectivity index (χ3v) is 2.81. The third kappa shape index (κ3) is 3.78. The van der Waals surface area contributed by atoms with Crippen LogP contribution in [0.1, 0.15) is 0 Å². The summed E-state index contributed by atoms with van der Waals surface area (Å²) in [6.45, 7) is 0. The highest BCUT2D eigenvalue weighted by Gasteiger charge is 2.03. The van der Waals surface area contributed by atoms with Gasteiger partial charge in [0, 0.05) is 14.9 Å². The lowest BCUT2D eigenvalue weighted by Crippen LogP contribution is -2.02. The lowest BCUT2D eigenvalue weighted by molar-refractivity contribution is -0.137. The zero-order valence-corrected chi connectivity index (χ0v) is 9.75. The summed E-state index contributed by atoms with van der Waals surface area (Å²) >= 11 is 12.9. The SMILES string of the molecule is COC(=O)CSc1cc(Cl)cc(Cl)c1. The van der Waals surface area contributed by atoms with Gasteiger partial charge in [-0.05, 0) is 18.2 Å². The molecule has 5 heteroatoms. The van der Waals surface area contributed by atoms with Crippen molar-refractivity contribution in [2.45, 2.75) is 4.90 Å². The van der Waals surface area contributed by atoms with Crippen molar-refractivity contribution in [2.24, 2.45) is 0 Å². The number of carbonyl (C=O) groups excluding carboxylic acids is 1. The van der Waals surface area contributed by atoms with Gasteiger partial charge in [0.15, 0.2) is 0 Å². The summed E-state index contributed by atoms with van der Waals surface area (Å²) in [5.41, 5.74) is 0. The minimum atomic E-state index is -0.272. The van der Waals surface area contributed by atoms with Gasteiger partial charge in [-0.3, -0.25) is 4.79 Å². The van der Waals surface area contributed by atoms with Crippen LogP contribution < -0.4 is 0 Å². The molecule has 0 atom stereocenters. The van der Waals surface area contributed by atoms with Gasteiger partial charge in [0.05, 0.1) is 12.9 Å². The van der Waals surface area contributed by atoms with Gasteiger partial charge in [-0.15, -0.1) is 11.8 Å². The number of hydrogen-bond donors (Lipinski definition) is 0. The van der Waals surface area contributed by atoms with E-state index in [0.29, 0.717) is 10.0 Å². The summed E-state index contributed by atoms with van der Waals surface area (Å²) in [4.78, 5) is 11.7.